The SMILES string of the molecule is Cc1csc(Sc2ccc(NC(=O)c3ccc(S(C)(=O)=O)o3)c(C)c2)n1. The number of anilines is 1. The Kier molecular flexibility index (Phi) is 5.22. The summed E-state index contributed by atoms with van der Waals surface area (Å²) in [5.74, 6) is -0.555. The van der Waals surface area contributed by atoms with Crippen molar-refractivity contribution in [3.8, 4) is 0 Å². The highest BCUT2D eigenvalue weighted by Gasteiger charge is 2.17. The number of hydrogen-bond acceptors (Lipinski definition) is 7. The van der Waals surface area contributed by atoms with E-state index in [1.54, 1.807) is 29.2 Å². The smallest absolute Gasteiger partial charge is 0.291 e. The Morgan fingerprint density at radius 2 is 2.00 bits per heavy atom. The van der Waals surface area contributed by atoms with Crippen molar-refractivity contribution in [3.63, 3.8) is 0 Å². The predicted octanol–water partition coefficient (Wildman–Crippen LogP) is 4.16. The second-order valence-electron chi connectivity index (χ2n) is 5.68. The number of amides is 1. The van der Waals surface area contributed by atoms with Gasteiger partial charge in [-0.05, 0) is 49.7 Å². The third kappa shape index (κ3) is 4.35. The van der Waals surface area contributed by atoms with E-state index < -0.39 is 15.7 Å². The van der Waals surface area contributed by atoms with E-state index in [1.165, 1.54) is 12.1 Å². The number of carbonyl (C=O) groups is 1. The minimum absolute atomic E-state index is 0.0541. The van der Waals surface area contributed by atoms with Gasteiger partial charge < -0.3 is 9.73 Å². The number of nitrogens with one attached hydrogen (secondary N) is 1. The van der Waals surface area contributed by atoms with Crippen molar-refractivity contribution in [3.05, 3.63) is 52.7 Å². The minimum atomic E-state index is -3.48. The molecule has 9 heteroatoms. The highest BCUT2D eigenvalue weighted by molar-refractivity contribution is 8.01. The molecule has 1 N–H and O–H groups in total. The van der Waals surface area contributed by atoms with Gasteiger partial charge >= 0.3 is 0 Å². The van der Waals surface area contributed by atoms with Gasteiger partial charge in [-0.1, -0.05) is 11.8 Å². The summed E-state index contributed by atoms with van der Waals surface area (Å²) >= 11 is 3.15. The van der Waals surface area contributed by atoms with Crippen LogP contribution in [-0.2, 0) is 9.84 Å². The van der Waals surface area contributed by atoms with Crippen LogP contribution < -0.4 is 5.32 Å². The van der Waals surface area contributed by atoms with Crippen LogP contribution in [0.25, 0.3) is 0 Å². The van der Waals surface area contributed by atoms with Gasteiger partial charge in [0.15, 0.2) is 10.1 Å². The molecular weight excluding hydrogens is 392 g/mol. The van der Waals surface area contributed by atoms with Crippen molar-refractivity contribution < 1.29 is 17.6 Å². The first-order chi connectivity index (χ1) is 12.2. The van der Waals surface area contributed by atoms with Crippen LogP contribution in [0.5, 0.6) is 0 Å². The van der Waals surface area contributed by atoms with E-state index in [-0.39, 0.29) is 10.9 Å². The zero-order valence-electron chi connectivity index (χ0n) is 14.3. The van der Waals surface area contributed by atoms with Gasteiger partial charge in [-0.2, -0.15) is 0 Å². The standard InChI is InChI=1S/C17H16N2O4S3/c1-10-8-12(25-17-18-11(2)9-24-17)4-5-13(10)19-16(20)14-6-7-15(23-14)26(3,21)22/h4-9H,1-3H3,(H,19,20). The largest absolute Gasteiger partial charge is 0.440 e. The number of thiazole rings is 1. The van der Waals surface area contributed by atoms with Gasteiger partial charge in [0.05, 0.1) is 0 Å². The highest BCUT2D eigenvalue weighted by Crippen LogP contribution is 2.32. The maximum absolute atomic E-state index is 12.3. The zero-order valence-corrected chi connectivity index (χ0v) is 16.7. The molecule has 0 fully saturated rings. The minimum Gasteiger partial charge on any atom is -0.440 e. The summed E-state index contributed by atoms with van der Waals surface area (Å²) in [6.07, 6.45) is 1.03. The lowest BCUT2D eigenvalue weighted by Gasteiger charge is -2.08. The molecule has 0 bridgehead atoms. The van der Waals surface area contributed by atoms with Gasteiger partial charge in [-0.15, -0.1) is 11.3 Å². The van der Waals surface area contributed by atoms with Crippen LogP contribution in [0.1, 0.15) is 21.8 Å². The third-order valence-electron chi connectivity index (χ3n) is 3.42. The molecule has 3 rings (SSSR count). The van der Waals surface area contributed by atoms with E-state index in [2.05, 4.69) is 10.3 Å². The van der Waals surface area contributed by atoms with Crippen molar-refractivity contribution in [1.82, 2.24) is 4.98 Å². The van der Waals surface area contributed by atoms with E-state index in [4.69, 9.17) is 4.42 Å². The average Bonchev–Trinajstić information content (AvgIpc) is 3.19. The van der Waals surface area contributed by atoms with Crippen LogP contribution in [-0.4, -0.2) is 25.6 Å². The number of benzene rings is 1. The van der Waals surface area contributed by atoms with Gasteiger partial charge in [0, 0.05) is 27.9 Å². The third-order valence-corrected chi connectivity index (χ3v) is 6.42. The molecule has 0 aliphatic heterocycles. The Labute approximate surface area is 159 Å². The molecule has 26 heavy (non-hydrogen) atoms. The van der Waals surface area contributed by atoms with E-state index in [0.29, 0.717) is 5.69 Å². The maximum Gasteiger partial charge on any atom is 0.291 e. The average molecular weight is 409 g/mol. The monoisotopic (exact) mass is 408 g/mol. The number of rotatable bonds is 5. The Bertz CT molecular complexity index is 1070. The Hall–Kier alpha value is -2.10. The molecule has 0 radical (unpaired) electrons. The molecule has 3 aromatic rings. The molecule has 0 aliphatic carbocycles. The topological polar surface area (TPSA) is 89.3 Å². The van der Waals surface area contributed by atoms with Crippen LogP contribution in [0.2, 0.25) is 0 Å². The van der Waals surface area contributed by atoms with E-state index in [9.17, 15) is 13.2 Å². The summed E-state index contributed by atoms with van der Waals surface area (Å²) in [4.78, 5) is 17.7. The van der Waals surface area contributed by atoms with Crippen LogP contribution in [0.4, 0.5) is 5.69 Å². The first kappa shape index (κ1) is 18.7. The zero-order chi connectivity index (χ0) is 18.9. The maximum atomic E-state index is 12.3. The molecular formula is C17H16N2O4S3. The molecule has 1 aromatic carbocycles. The van der Waals surface area contributed by atoms with Crippen molar-refractivity contribution in [1.29, 1.82) is 0 Å². The number of aromatic nitrogens is 1. The summed E-state index contributed by atoms with van der Waals surface area (Å²) in [5, 5.41) is 4.50. The van der Waals surface area contributed by atoms with Crippen molar-refractivity contribution in [2.45, 2.75) is 28.2 Å². The lowest BCUT2D eigenvalue weighted by Crippen LogP contribution is -2.12. The lowest BCUT2D eigenvalue weighted by atomic mass is 10.2. The molecule has 0 spiro atoms. The molecule has 0 saturated heterocycles. The quantitative estimate of drug-likeness (QED) is 0.682. The molecule has 0 aliphatic rings. The molecule has 6 nitrogen and oxygen atoms in total. The lowest BCUT2D eigenvalue weighted by molar-refractivity contribution is 0.0991. The van der Waals surface area contributed by atoms with Crippen molar-refractivity contribution in [2.24, 2.45) is 0 Å². The number of nitrogens with zero attached hydrogens (tertiary/aromatic N) is 1. The van der Waals surface area contributed by atoms with Gasteiger partial charge in [-0.25, -0.2) is 13.4 Å². The fraction of sp³-hybridized carbons (Fsp3) is 0.176. The van der Waals surface area contributed by atoms with Crippen LogP contribution >= 0.6 is 23.1 Å². The molecule has 1 amide bonds. The molecule has 2 heterocycles. The Morgan fingerprint density at radius 1 is 1.23 bits per heavy atom. The second-order valence-corrected chi connectivity index (χ2v) is 9.80. The van der Waals surface area contributed by atoms with E-state index in [1.807, 2.05) is 31.4 Å². The van der Waals surface area contributed by atoms with Gasteiger partial charge in [0.2, 0.25) is 14.9 Å². The Morgan fingerprint density at radius 3 is 2.58 bits per heavy atom. The molecule has 2 aromatic heterocycles. The fourth-order valence-corrected chi connectivity index (χ4v) is 4.61. The van der Waals surface area contributed by atoms with Crippen molar-refractivity contribution in [2.75, 3.05) is 11.6 Å². The molecule has 0 unspecified atom stereocenters. The number of furan rings is 1. The van der Waals surface area contributed by atoms with Crippen LogP contribution in [0, 0.1) is 13.8 Å². The highest BCUT2D eigenvalue weighted by atomic mass is 32.2. The summed E-state index contributed by atoms with van der Waals surface area (Å²) in [5.41, 5.74) is 2.50. The van der Waals surface area contributed by atoms with Crippen molar-refractivity contribution >= 4 is 44.5 Å². The predicted molar refractivity (Wildman–Crippen MR) is 102 cm³/mol. The summed E-state index contributed by atoms with van der Waals surface area (Å²) < 4.78 is 29.0. The van der Waals surface area contributed by atoms with Gasteiger partial charge in [-0.3, -0.25) is 4.79 Å². The van der Waals surface area contributed by atoms with Crippen LogP contribution in [0.15, 0.2) is 54.5 Å². The van der Waals surface area contributed by atoms with E-state index >= 15 is 0 Å². The summed E-state index contributed by atoms with van der Waals surface area (Å²) in [7, 11) is -3.48. The van der Waals surface area contributed by atoms with Gasteiger partial charge in [0.25, 0.3) is 5.91 Å². The van der Waals surface area contributed by atoms with Gasteiger partial charge in [0.1, 0.15) is 0 Å². The first-order valence-electron chi connectivity index (χ1n) is 7.54. The first-order valence-corrected chi connectivity index (χ1v) is 11.1. The van der Waals surface area contributed by atoms with Crippen LogP contribution in [0.3, 0.4) is 0 Å². The molecule has 0 saturated carbocycles. The second kappa shape index (κ2) is 7.26. The molecule has 136 valence electrons. The fourth-order valence-electron chi connectivity index (χ4n) is 2.15. The number of hydrogen-bond donors (Lipinski definition) is 1. The number of aryl methyl sites for hydroxylation is 2. The summed E-state index contributed by atoms with van der Waals surface area (Å²) in [6, 6.07) is 8.27. The Balaban J connectivity index is 1.73. The van der Waals surface area contributed by atoms with E-state index in [0.717, 1.165) is 26.7 Å². The molecule has 0 atom stereocenters. The summed E-state index contributed by atoms with van der Waals surface area (Å²) in [6.45, 7) is 3.84. The number of carbonyl (C=O) groups excluding carboxylic acids is 1. The number of sulfone groups is 1. The normalized spacial score (nSPS) is 11.5.